The standard InChI is InChI=1S/C20H14N8O5S/c1-27-20(24-25-26-27)34-17-7-6-11(8-15(17)28(31)32)19(30)33-10-16(29)12(9-21)18-22-13-4-2-3-5-14(13)23-18/h2-8,29H,10H2,1H3,(H,22,23). The van der Waals surface area contributed by atoms with Crippen molar-refractivity contribution >= 4 is 40.0 Å². The minimum Gasteiger partial charge on any atom is -0.507 e. The van der Waals surface area contributed by atoms with Gasteiger partial charge in [0.15, 0.2) is 11.6 Å². The number of nitro groups is 1. The molecule has 0 atom stereocenters. The molecule has 2 aromatic heterocycles. The predicted molar refractivity (Wildman–Crippen MR) is 118 cm³/mol. The van der Waals surface area contributed by atoms with Gasteiger partial charge in [0.25, 0.3) is 5.69 Å². The number of carbonyl (C=O) groups excluding carboxylic acids is 1. The number of hydrogen-bond donors (Lipinski definition) is 2. The number of imidazole rings is 1. The second-order valence-corrected chi connectivity index (χ2v) is 7.75. The van der Waals surface area contributed by atoms with Crippen LogP contribution in [0, 0.1) is 21.4 Å². The molecule has 0 fully saturated rings. The number of nitrogens with zero attached hydrogens (tertiary/aromatic N) is 7. The zero-order valence-corrected chi connectivity index (χ0v) is 18.2. The minimum absolute atomic E-state index is 0.109. The number of nitriles is 1. The number of nitro benzene ring substituents is 1. The van der Waals surface area contributed by atoms with Crippen molar-refractivity contribution in [1.82, 2.24) is 30.2 Å². The Labute approximate surface area is 194 Å². The van der Waals surface area contributed by atoms with Gasteiger partial charge in [-0.1, -0.05) is 12.1 Å². The van der Waals surface area contributed by atoms with Crippen molar-refractivity contribution in [2.45, 2.75) is 10.1 Å². The van der Waals surface area contributed by atoms with Gasteiger partial charge in [-0.25, -0.2) is 14.5 Å². The average Bonchev–Trinajstić information content (AvgIpc) is 3.43. The van der Waals surface area contributed by atoms with Gasteiger partial charge in [-0.3, -0.25) is 10.1 Å². The smallest absolute Gasteiger partial charge is 0.338 e. The normalized spacial score (nSPS) is 11.6. The van der Waals surface area contributed by atoms with Gasteiger partial charge in [-0.2, -0.15) is 5.26 Å². The Hall–Kier alpha value is -4.77. The fourth-order valence-electron chi connectivity index (χ4n) is 2.89. The number of aromatic amines is 1. The third-order valence-electron chi connectivity index (χ3n) is 4.54. The van der Waals surface area contributed by atoms with E-state index in [2.05, 4.69) is 25.5 Å². The van der Waals surface area contributed by atoms with Crippen LogP contribution in [-0.2, 0) is 11.8 Å². The Morgan fingerprint density at radius 1 is 1.35 bits per heavy atom. The molecule has 0 spiro atoms. The van der Waals surface area contributed by atoms with E-state index in [1.54, 1.807) is 31.3 Å². The van der Waals surface area contributed by atoms with Crippen LogP contribution in [0.3, 0.4) is 0 Å². The Morgan fingerprint density at radius 2 is 2.15 bits per heavy atom. The molecule has 170 valence electrons. The van der Waals surface area contributed by atoms with Crippen molar-refractivity contribution in [3.8, 4) is 6.07 Å². The molecule has 0 aliphatic carbocycles. The van der Waals surface area contributed by atoms with Gasteiger partial charge in [-0.15, -0.1) is 5.10 Å². The van der Waals surface area contributed by atoms with E-state index in [-0.39, 0.29) is 27.5 Å². The van der Waals surface area contributed by atoms with Crippen molar-refractivity contribution in [2.75, 3.05) is 6.61 Å². The van der Waals surface area contributed by atoms with E-state index in [4.69, 9.17) is 4.74 Å². The Balaban J connectivity index is 1.52. The summed E-state index contributed by atoms with van der Waals surface area (Å²) in [6, 6.07) is 12.7. The average molecular weight is 478 g/mol. The highest BCUT2D eigenvalue weighted by Crippen LogP contribution is 2.34. The monoisotopic (exact) mass is 478 g/mol. The first-order chi connectivity index (χ1) is 16.4. The van der Waals surface area contributed by atoms with E-state index in [1.807, 2.05) is 6.07 Å². The fraction of sp³-hybridized carbons (Fsp3) is 0.100. The number of aliphatic hydroxyl groups is 1. The third kappa shape index (κ3) is 4.54. The van der Waals surface area contributed by atoms with E-state index in [0.29, 0.717) is 16.2 Å². The highest BCUT2D eigenvalue weighted by molar-refractivity contribution is 7.99. The topological polar surface area (TPSA) is 186 Å². The molecule has 14 heteroatoms. The molecule has 13 nitrogen and oxygen atoms in total. The number of tetrazole rings is 1. The van der Waals surface area contributed by atoms with Crippen molar-refractivity contribution in [3.05, 3.63) is 69.7 Å². The molecule has 34 heavy (non-hydrogen) atoms. The number of nitrogens with one attached hydrogen (secondary N) is 1. The zero-order chi connectivity index (χ0) is 24.2. The van der Waals surface area contributed by atoms with Crippen LogP contribution in [0.4, 0.5) is 5.69 Å². The van der Waals surface area contributed by atoms with Crippen LogP contribution in [0.25, 0.3) is 16.6 Å². The number of fused-ring (bicyclic) bond motifs is 1. The van der Waals surface area contributed by atoms with Gasteiger partial charge < -0.3 is 14.8 Å². The molecule has 0 radical (unpaired) electrons. The number of para-hydroxylation sites is 2. The largest absolute Gasteiger partial charge is 0.507 e. The molecule has 2 aromatic carbocycles. The van der Waals surface area contributed by atoms with Gasteiger partial charge in [-0.05, 0) is 46.5 Å². The van der Waals surface area contributed by atoms with Crippen LogP contribution in [0.15, 0.2) is 58.3 Å². The Morgan fingerprint density at radius 3 is 2.82 bits per heavy atom. The van der Waals surface area contributed by atoms with E-state index in [0.717, 1.165) is 17.8 Å². The second-order valence-electron chi connectivity index (χ2n) is 6.74. The first kappa shape index (κ1) is 22.4. The van der Waals surface area contributed by atoms with Gasteiger partial charge in [0.1, 0.15) is 18.2 Å². The summed E-state index contributed by atoms with van der Waals surface area (Å²) in [4.78, 5) is 30.7. The first-order valence-corrected chi connectivity index (χ1v) is 10.3. The highest BCUT2D eigenvalue weighted by atomic mass is 32.2. The van der Waals surface area contributed by atoms with Crippen LogP contribution in [0.5, 0.6) is 0 Å². The number of rotatable bonds is 7. The molecule has 2 heterocycles. The molecule has 0 saturated carbocycles. The van der Waals surface area contributed by atoms with E-state index in [9.17, 15) is 25.3 Å². The number of aliphatic hydroxyl groups excluding tert-OH is 1. The van der Waals surface area contributed by atoms with Crippen molar-refractivity contribution < 1.29 is 19.6 Å². The van der Waals surface area contributed by atoms with Crippen molar-refractivity contribution in [3.63, 3.8) is 0 Å². The van der Waals surface area contributed by atoms with Gasteiger partial charge in [0, 0.05) is 13.1 Å². The van der Waals surface area contributed by atoms with Crippen LogP contribution >= 0.6 is 11.8 Å². The van der Waals surface area contributed by atoms with Gasteiger partial charge in [0.2, 0.25) is 5.16 Å². The SMILES string of the molecule is Cn1nnnc1Sc1ccc(C(=O)OCC(O)=C(C#N)c2nc3ccccc3[nH]2)cc1[N+](=O)[O-]. The molecule has 4 aromatic rings. The predicted octanol–water partition coefficient (Wildman–Crippen LogP) is 2.80. The summed E-state index contributed by atoms with van der Waals surface area (Å²) in [5.41, 5.74) is 0.609. The number of benzene rings is 2. The summed E-state index contributed by atoms with van der Waals surface area (Å²) in [7, 11) is 1.58. The van der Waals surface area contributed by atoms with E-state index >= 15 is 0 Å². The number of carbonyl (C=O) groups is 1. The van der Waals surface area contributed by atoms with Crippen LogP contribution < -0.4 is 0 Å². The molecule has 0 saturated heterocycles. The lowest BCUT2D eigenvalue weighted by Crippen LogP contribution is -2.10. The summed E-state index contributed by atoms with van der Waals surface area (Å²) < 4.78 is 6.41. The van der Waals surface area contributed by atoms with Gasteiger partial charge in [0.05, 0.1) is 26.4 Å². The molecule has 0 aliphatic rings. The maximum absolute atomic E-state index is 12.5. The minimum atomic E-state index is -0.923. The lowest BCUT2D eigenvalue weighted by Gasteiger charge is -2.07. The van der Waals surface area contributed by atoms with Gasteiger partial charge >= 0.3 is 5.97 Å². The molecule has 0 unspecified atom stereocenters. The zero-order valence-electron chi connectivity index (χ0n) is 17.4. The maximum Gasteiger partial charge on any atom is 0.338 e. The lowest BCUT2D eigenvalue weighted by atomic mass is 10.2. The summed E-state index contributed by atoms with van der Waals surface area (Å²) in [6.45, 7) is -0.631. The number of H-pyrrole nitrogens is 1. The van der Waals surface area contributed by atoms with E-state index in [1.165, 1.54) is 16.8 Å². The summed E-state index contributed by atoms with van der Waals surface area (Å²) in [6.07, 6.45) is 0. The summed E-state index contributed by atoms with van der Waals surface area (Å²) in [5, 5.41) is 42.5. The van der Waals surface area contributed by atoms with Crippen LogP contribution in [-0.4, -0.2) is 52.8 Å². The molecular weight excluding hydrogens is 464 g/mol. The Bertz CT molecular complexity index is 1450. The van der Waals surface area contributed by atoms with Crippen molar-refractivity contribution in [1.29, 1.82) is 5.26 Å². The third-order valence-corrected chi connectivity index (χ3v) is 5.63. The van der Waals surface area contributed by atoms with Crippen LogP contribution in [0.2, 0.25) is 0 Å². The maximum atomic E-state index is 12.5. The first-order valence-electron chi connectivity index (χ1n) is 9.50. The second kappa shape index (κ2) is 9.38. The molecule has 2 N–H and O–H groups in total. The lowest BCUT2D eigenvalue weighted by molar-refractivity contribution is -0.387. The van der Waals surface area contributed by atoms with Crippen molar-refractivity contribution in [2.24, 2.45) is 7.05 Å². The summed E-state index contributed by atoms with van der Waals surface area (Å²) in [5.74, 6) is -1.33. The summed E-state index contributed by atoms with van der Waals surface area (Å²) >= 11 is 0.960. The number of aromatic nitrogens is 6. The number of allylic oxidation sites excluding steroid dienone is 1. The molecule has 0 aliphatic heterocycles. The number of ether oxygens (including phenoxy) is 1. The fourth-order valence-corrected chi connectivity index (χ4v) is 3.71. The number of aryl methyl sites for hydroxylation is 1. The highest BCUT2D eigenvalue weighted by Gasteiger charge is 2.22. The van der Waals surface area contributed by atoms with Crippen LogP contribution in [0.1, 0.15) is 16.2 Å². The Kier molecular flexibility index (Phi) is 6.19. The van der Waals surface area contributed by atoms with E-state index < -0.39 is 23.3 Å². The molecule has 0 amide bonds. The quantitative estimate of drug-likeness (QED) is 0.131. The number of hydrogen-bond acceptors (Lipinski definition) is 11. The number of esters is 1. The molecule has 4 rings (SSSR count). The molecule has 0 bridgehead atoms. The molecular formula is C20H14N8O5S.